The van der Waals surface area contributed by atoms with Gasteiger partial charge in [0.2, 0.25) is 0 Å². The number of hydrogen-bond acceptors (Lipinski definition) is 6. The molecular weight excluding hydrogens is 922 g/mol. The Morgan fingerprint density at radius 1 is 0.361 bits per heavy atom. The molecular formula is C52H78BaO6S2. The van der Waals surface area contributed by atoms with Crippen molar-refractivity contribution < 1.29 is 25.9 Å². The van der Waals surface area contributed by atoms with Crippen molar-refractivity contribution >= 4 is 90.7 Å². The molecule has 0 radical (unpaired) electrons. The van der Waals surface area contributed by atoms with E-state index in [4.69, 9.17) is 0 Å². The van der Waals surface area contributed by atoms with E-state index in [0.717, 1.165) is 73.3 Å². The van der Waals surface area contributed by atoms with Crippen molar-refractivity contribution in [1.29, 1.82) is 0 Å². The van der Waals surface area contributed by atoms with Crippen molar-refractivity contribution in [2.24, 2.45) is 0 Å². The topological polar surface area (TPSA) is 114 Å². The Balaban J connectivity index is 0.000000413. The molecule has 0 saturated carbocycles. The fourth-order valence-corrected chi connectivity index (χ4v) is 9.92. The Bertz CT molecular complexity index is 1900. The largest absolute Gasteiger partial charge is 2.00 e. The predicted octanol–water partition coefficient (Wildman–Crippen LogP) is 14.7. The molecule has 0 unspecified atom stereocenters. The van der Waals surface area contributed by atoms with Gasteiger partial charge in [-0.05, 0) is 119 Å². The molecule has 0 bridgehead atoms. The van der Waals surface area contributed by atoms with Gasteiger partial charge in [0.1, 0.15) is 20.2 Å². The maximum Gasteiger partial charge on any atom is 2.00 e. The molecule has 6 nitrogen and oxygen atoms in total. The molecule has 4 rings (SSSR count). The van der Waals surface area contributed by atoms with E-state index in [9.17, 15) is 25.9 Å². The summed E-state index contributed by atoms with van der Waals surface area (Å²) in [6, 6.07) is 18.6. The van der Waals surface area contributed by atoms with Gasteiger partial charge in [-0.1, -0.05) is 193 Å². The Morgan fingerprint density at radius 3 is 0.934 bits per heavy atom. The smallest absolute Gasteiger partial charge is 0.744 e. The van der Waals surface area contributed by atoms with E-state index in [-0.39, 0.29) is 58.7 Å². The zero-order valence-electron chi connectivity index (χ0n) is 38.5. The first kappa shape index (κ1) is 55.9. The average Bonchev–Trinajstić information content (AvgIpc) is 3.22. The molecule has 336 valence electrons. The van der Waals surface area contributed by atoms with Gasteiger partial charge in [-0.15, -0.1) is 0 Å². The summed E-state index contributed by atoms with van der Waals surface area (Å²) in [5.74, 6) is 0. The van der Waals surface area contributed by atoms with Crippen LogP contribution in [0.2, 0.25) is 0 Å². The molecule has 0 aliphatic carbocycles. The van der Waals surface area contributed by atoms with Crippen LogP contribution in [0.15, 0.2) is 70.5 Å². The zero-order valence-corrected chi connectivity index (χ0v) is 44.6. The van der Waals surface area contributed by atoms with Crippen molar-refractivity contribution in [3.63, 3.8) is 0 Å². The van der Waals surface area contributed by atoms with E-state index < -0.39 is 20.2 Å². The SMILES string of the molecule is CCCCCCCCc1cc(CCCCCCCC)c2cccc(S(=O)(=O)[O-])c2c1.CCCCCCCCc1cc(CCCCCCCC)c2cccc(S(=O)(=O)[O-])c2c1.[Ba+2]. The molecule has 0 N–H and O–H groups in total. The molecule has 0 fully saturated rings. The molecule has 0 aliphatic heterocycles. The first-order chi connectivity index (χ1) is 28.9. The van der Waals surface area contributed by atoms with Crippen molar-refractivity contribution in [1.82, 2.24) is 0 Å². The van der Waals surface area contributed by atoms with Crippen LogP contribution in [0, 0.1) is 0 Å². The average molecular weight is 1000 g/mol. The second-order valence-electron chi connectivity index (χ2n) is 17.2. The summed E-state index contributed by atoms with van der Waals surface area (Å²) in [7, 11) is -8.97. The second-order valence-corrected chi connectivity index (χ2v) is 19.9. The summed E-state index contributed by atoms with van der Waals surface area (Å²) >= 11 is 0. The first-order valence-electron chi connectivity index (χ1n) is 23.9. The van der Waals surface area contributed by atoms with Crippen LogP contribution in [0.1, 0.15) is 204 Å². The monoisotopic (exact) mass is 1000 g/mol. The van der Waals surface area contributed by atoms with E-state index in [2.05, 4.69) is 39.8 Å². The van der Waals surface area contributed by atoms with Gasteiger partial charge < -0.3 is 9.11 Å². The Hall–Kier alpha value is -1.21. The van der Waals surface area contributed by atoms with Gasteiger partial charge >= 0.3 is 48.9 Å². The molecule has 0 heterocycles. The molecule has 0 aromatic heterocycles. The van der Waals surface area contributed by atoms with Crippen LogP contribution in [-0.2, 0) is 45.9 Å². The van der Waals surface area contributed by atoms with Crippen LogP contribution in [0.3, 0.4) is 0 Å². The maximum absolute atomic E-state index is 11.8. The fourth-order valence-electron chi connectivity index (χ4n) is 8.55. The third-order valence-corrected chi connectivity index (χ3v) is 13.8. The molecule has 9 heteroatoms. The molecule has 0 atom stereocenters. The van der Waals surface area contributed by atoms with E-state index >= 15 is 0 Å². The number of unbranched alkanes of at least 4 members (excludes halogenated alkanes) is 20. The van der Waals surface area contributed by atoms with Crippen LogP contribution in [0.4, 0.5) is 0 Å². The van der Waals surface area contributed by atoms with Gasteiger partial charge in [0.25, 0.3) is 0 Å². The third kappa shape index (κ3) is 21.1. The number of fused-ring (bicyclic) bond motifs is 2. The molecule has 61 heavy (non-hydrogen) atoms. The van der Waals surface area contributed by atoms with E-state index in [1.165, 1.54) is 152 Å². The van der Waals surface area contributed by atoms with Gasteiger partial charge in [-0.2, -0.15) is 0 Å². The zero-order chi connectivity index (χ0) is 43.6. The summed E-state index contributed by atoms with van der Waals surface area (Å²) in [6.45, 7) is 8.90. The van der Waals surface area contributed by atoms with E-state index in [1.54, 1.807) is 12.1 Å². The first-order valence-corrected chi connectivity index (χ1v) is 26.8. The van der Waals surface area contributed by atoms with Crippen LogP contribution in [0.5, 0.6) is 0 Å². The third-order valence-electron chi connectivity index (χ3n) is 12.0. The Labute approximate surface area is 412 Å². The summed E-state index contributed by atoms with van der Waals surface area (Å²) in [5.41, 5.74) is 4.70. The molecule has 0 saturated heterocycles. The van der Waals surface area contributed by atoms with Gasteiger partial charge in [-0.3, -0.25) is 0 Å². The Kier molecular flexibility index (Phi) is 29.0. The standard InChI is InChI=1S/2C26H40O3S.Ba/c2*1-3-5-7-9-11-13-16-22-20-23(17-14-12-10-8-6-4-2)24-18-15-19-26(25(24)21-22)30(27,28)29;/h2*15,18-21H,3-14,16-17H2,1-2H3,(H,27,28,29);/q;;+2/p-2. The summed E-state index contributed by atoms with van der Waals surface area (Å²) < 4.78 is 71.0. The minimum absolute atomic E-state index is 0. The molecule has 0 amide bonds. The maximum atomic E-state index is 11.8. The van der Waals surface area contributed by atoms with Gasteiger partial charge in [0, 0.05) is 0 Å². The van der Waals surface area contributed by atoms with Gasteiger partial charge in [-0.25, -0.2) is 16.8 Å². The van der Waals surface area contributed by atoms with E-state index in [0.29, 0.717) is 10.8 Å². The number of hydrogen-bond donors (Lipinski definition) is 0. The van der Waals surface area contributed by atoms with Gasteiger partial charge in [0.15, 0.2) is 0 Å². The number of benzene rings is 4. The minimum atomic E-state index is -4.48. The van der Waals surface area contributed by atoms with Crippen LogP contribution in [-0.4, -0.2) is 74.8 Å². The normalized spacial score (nSPS) is 11.8. The number of aryl methyl sites for hydroxylation is 4. The Morgan fingerprint density at radius 2 is 0.639 bits per heavy atom. The van der Waals surface area contributed by atoms with E-state index in [1.807, 2.05) is 24.3 Å². The van der Waals surface area contributed by atoms with Gasteiger partial charge in [0.05, 0.1) is 9.79 Å². The summed E-state index contributed by atoms with van der Waals surface area (Å²) in [5, 5.41) is 3.06. The van der Waals surface area contributed by atoms with Crippen LogP contribution < -0.4 is 0 Å². The quantitative estimate of drug-likeness (QED) is 0.0292. The molecule has 0 aliphatic rings. The molecule has 4 aromatic carbocycles. The van der Waals surface area contributed by atoms with Crippen molar-refractivity contribution in [2.75, 3.05) is 0 Å². The van der Waals surface area contributed by atoms with Crippen LogP contribution in [0.25, 0.3) is 21.5 Å². The summed E-state index contributed by atoms with van der Waals surface area (Å²) in [6.07, 6.45) is 33.3. The van der Waals surface area contributed by atoms with Crippen molar-refractivity contribution in [3.05, 3.63) is 82.9 Å². The minimum Gasteiger partial charge on any atom is -0.744 e. The summed E-state index contributed by atoms with van der Waals surface area (Å²) in [4.78, 5) is -0.150. The van der Waals surface area contributed by atoms with Crippen molar-refractivity contribution in [3.8, 4) is 0 Å². The number of rotatable bonds is 30. The second kappa shape index (κ2) is 31.6. The predicted molar refractivity (Wildman–Crippen MR) is 258 cm³/mol. The molecule has 0 spiro atoms. The van der Waals surface area contributed by atoms with Crippen LogP contribution >= 0.6 is 0 Å². The van der Waals surface area contributed by atoms with Crippen molar-refractivity contribution in [2.45, 2.75) is 217 Å². The molecule has 4 aromatic rings. The fraction of sp³-hybridized carbons (Fsp3) is 0.615.